The van der Waals surface area contributed by atoms with E-state index in [1.807, 2.05) is 13.8 Å². The van der Waals surface area contributed by atoms with Crippen LogP contribution in [0.5, 0.6) is 0 Å². The van der Waals surface area contributed by atoms with Gasteiger partial charge in [-0.2, -0.15) is 0 Å². The number of aliphatic carboxylic acids is 1. The second-order valence-electron chi connectivity index (χ2n) is 5.55. The molecule has 0 fully saturated rings. The van der Waals surface area contributed by atoms with Crippen molar-refractivity contribution in [3.63, 3.8) is 0 Å². The first-order valence-corrected chi connectivity index (χ1v) is 9.15. The molecule has 0 unspecified atom stereocenters. The van der Waals surface area contributed by atoms with Crippen molar-refractivity contribution in [3.05, 3.63) is 29.8 Å². The van der Waals surface area contributed by atoms with E-state index in [1.165, 1.54) is 17.0 Å². The molecule has 0 bridgehead atoms. The van der Waals surface area contributed by atoms with Gasteiger partial charge in [0.25, 0.3) is 0 Å². The van der Waals surface area contributed by atoms with Gasteiger partial charge in [-0.3, -0.25) is 9.59 Å². The van der Waals surface area contributed by atoms with E-state index in [2.05, 4.69) is 0 Å². The van der Waals surface area contributed by atoms with Crippen LogP contribution in [0.15, 0.2) is 29.2 Å². The Morgan fingerprint density at radius 3 is 2.17 bits per heavy atom. The first kappa shape index (κ1) is 19.2. The average molecular weight is 341 g/mol. The number of carboxylic acids is 1. The highest BCUT2D eigenvalue weighted by Gasteiger charge is 2.18. The lowest BCUT2D eigenvalue weighted by Gasteiger charge is -2.26. The van der Waals surface area contributed by atoms with Gasteiger partial charge in [-0.15, -0.1) is 0 Å². The molecule has 0 radical (unpaired) electrons. The minimum absolute atomic E-state index is 0.0294. The minimum Gasteiger partial charge on any atom is -0.481 e. The van der Waals surface area contributed by atoms with Gasteiger partial charge in [0.2, 0.25) is 5.91 Å². The van der Waals surface area contributed by atoms with Gasteiger partial charge >= 0.3 is 5.97 Å². The quantitative estimate of drug-likeness (QED) is 0.777. The van der Waals surface area contributed by atoms with Gasteiger partial charge in [0.15, 0.2) is 9.84 Å². The van der Waals surface area contributed by atoms with Crippen LogP contribution >= 0.6 is 0 Å². The van der Waals surface area contributed by atoms with Crippen LogP contribution in [-0.2, 0) is 25.8 Å². The molecule has 0 heterocycles. The number of rotatable bonds is 8. The molecule has 0 aromatic heterocycles. The van der Waals surface area contributed by atoms with E-state index in [4.69, 9.17) is 5.11 Å². The van der Waals surface area contributed by atoms with E-state index < -0.39 is 15.8 Å². The molecule has 1 aromatic carbocycles. The number of sulfone groups is 1. The van der Waals surface area contributed by atoms with Gasteiger partial charge < -0.3 is 10.0 Å². The number of amides is 1. The van der Waals surface area contributed by atoms with Gasteiger partial charge in [-0.05, 0) is 31.5 Å². The van der Waals surface area contributed by atoms with Crippen LogP contribution < -0.4 is 0 Å². The highest BCUT2D eigenvalue weighted by molar-refractivity contribution is 7.91. The summed E-state index contributed by atoms with van der Waals surface area (Å²) in [5, 5.41) is 8.75. The van der Waals surface area contributed by atoms with Crippen molar-refractivity contribution in [2.45, 2.75) is 44.6 Å². The standard InChI is InChI=1S/C16H23NO5S/c1-4-23(21,22)14-7-5-13(6-8-14)11-15(18)17(12(2)3)10-9-16(19)20/h5-8,12H,4,9-11H2,1-3H3,(H,19,20). The van der Waals surface area contributed by atoms with Crippen molar-refractivity contribution in [1.29, 1.82) is 0 Å². The van der Waals surface area contributed by atoms with E-state index in [0.29, 0.717) is 5.56 Å². The Hall–Kier alpha value is -1.89. The zero-order valence-electron chi connectivity index (χ0n) is 13.7. The Morgan fingerprint density at radius 1 is 1.17 bits per heavy atom. The van der Waals surface area contributed by atoms with E-state index >= 15 is 0 Å². The monoisotopic (exact) mass is 341 g/mol. The van der Waals surface area contributed by atoms with Crippen LogP contribution in [0, 0.1) is 0 Å². The normalized spacial score (nSPS) is 11.5. The Kier molecular flexibility index (Phi) is 6.75. The fourth-order valence-electron chi connectivity index (χ4n) is 2.14. The summed E-state index contributed by atoms with van der Waals surface area (Å²) in [6, 6.07) is 6.14. The van der Waals surface area contributed by atoms with Crippen LogP contribution in [0.2, 0.25) is 0 Å². The topological polar surface area (TPSA) is 91.8 Å². The zero-order valence-corrected chi connectivity index (χ0v) is 14.5. The summed E-state index contributed by atoms with van der Waals surface area (Å²) in [6.07, 6.45) is 0.0157. The molecular weight excluding hydrogens is 318 g/mol. The summed E-state index contributed by atoms with van der Waals surface area (Å²) in [6.45, 7) is 5.40. The second-order valence-corrected chi connectivity index (χ2v) is 7.83. The van der Waals surface area contributed by atoms with Gasteiger partial charge in [-0.25, -0.2) is 8.42 Å². The van der Waals surface area contributed by atoms with Crippen molar-refractivity contribution in [3.8, 4) is 0 Å². The molecule has 0 atom stereocenters. The molecule has 0 saturated carbocycles. The fourth-order valence-corrected chi connectivity index (χ4v) is 3.03. The Morgan fingerprint density at radius 2 is 1.74 bits per heavy atom. The van der Waals surface area contributed by atoms with Crippen molar-refractivity contribution < 1.29 is 23.1 Å². The third kappa shape index (κ3) is 5.67. The lowest BCUT2D eigenvalue weighted by molar-refractivity contribution is -0.139. The maximum Gasteiger partial charge on any atom is 0.305 e. The Labute approximate surface area is 137 Å². The number of benzene rings is 1. The van der Waals surface area contributed by atoms with Gasteiger partial charge in [0.05, 0.1) is 23.5 Å². The third-order valence-corrected chi connectivity index (χ3v) is 5.28. The van der Waals surface area contributed by atoms with Gasteiger partial charge in [0.1, 0.15) is 0 Å². The van der Waals surface area contributed by atoms with Crippen LogP contribution in [0.25, 0.3) is 0 Å². The molecule has 0 aliphatic carbocycles. The van der Waals surface area contributed by atoms with Crippen LogP contribution in [0.3, 0.4) is 0 Å². The number of hydrogen-bond donors (Lipinski definition) is 1. The summed E-state index contributed by atoms with van der Waals surface area (Å²) in [5.74, 6) is -1.09. The molecule has 128 valence electrons. The largest absolute Gasteiger partial charge is 0.481 e. The van der Waals surface area contributed by atoms with Crippen molar-refractivity contribution >= 4 is 21.7 Å². The Bertz CT molecular complexity index is 650. The van der Waals surface area contributed by atoms with E-state index in [-0.39, 0.29) is 42.0 Å². The predicted octanol–water partition coefficient (Wildman–Crippen LogP) is 1.73. The number of carbonyl (C=O) groups excluding carboxylic acids is 1. The highest BCUT2D eigenvalue weighted by Crippen LogP contribution is 2.14. The van der Waals surface area contributed by atoms with E-state index in [9.17, 15) is 18.0 Å². The summed E-state index contributed by atoms with van der Waals surface area (Å²) >= 11 is 0. The van der Waals surface area contributed by atoms with Crippen molar-refractivity contribution in [2.24, 2.45) is 0 Å². The smallest absolute Gasteiger partial charge is 0.305 e. The van der Waals surface area contributed by atoms with Crippen LogP contribution in [0.1, 0.15) is 32.8 Å². The average Bonchev–Trinajstić information content (AvgIpc) is 2.47. The van der Waals surface area contributed by atoms with Gasteiger partial charge in [-0.1, -0.05) is 19.1 Å². The molecule has 7 heteroatoms. The second kappa shape index (κ2) is 8.10. The molecule has 1 N–H and O–H groups in total. The van der Waals surface area contributed by atoms with Crippen LogP contribution in [0.4, 0.5) is 0 Å². The molecule has 23 heavy (non-hydrogen) atoms. The molecule has 1 rings (SSSR count). The van der Waals surface area contributed by atoms with E-state index in [1.54, 1.807) is 19.1 Å². The van der Waals surface area contributed by atoms with Crippen molar-refractivity contribution in [2.75, 3.05) is 12.3 Å². The molecule has 0 aliphatic rings. The maximum absolute atomic E-state index is 12.3. The number of carbonyl (C=O) groups is 2. The molecule has 0 aliphatic heterocycles. The number of carboxylic acid groups (broad SMARTS) is 1. The zero-order chi connectivity index (χ0) is 17.6. The molecule has 1 aromatic rings. The Balaban J connectivity index is 2.81. The molecule has 0 saturated heterocycles. The highest BCUT2D eigenvalue weighted by atomic mass is 32.2. The van der Waals surface area contributed by atoms with E-state index in [0.717, 1.165) is 0 Å². The first-order valence-electron chi connectivity index (χ1n) is 7.50. The number of hydrogen-bond acceptors (Lipinski definition) is 4. The molecule has 0 spiro atoms. The van der Waals surface area contributed by atoms with Crippen molar-refractivity contribution in [1.82, 2.24) is 4.90 Å². The summed E-state index contributed by atoms with van der Waals surface area (Å²) in [4.78, 5) is 24.7. The van der Waals surface area contributed by atoms with Crippen LogP contribution in [-0.4, -0.2) is 48.6 Å². The number of nitrogens with zero attached hydrogens (tertiary/aromatic N) is 1. The fraction of sp³-hybridized carbons (Fsp3) is 0.500. The molecule has 6 nitrogen and oxygen atoms in total. The molecule has 1 amide bonds. The summed E-state index contributed by atoms with van der Waals surface area (Å²) in [7, 11) is -3.25. The predicted molar refractivity (Wildman–Crippen MR) is 87.0 cm³/mol. The van der Waals surface area contributed by atoms with Gasteiger partial charge in [0, 0.05) is 12.6 Å². The summed E-state index contributed by atoms with van der Waals surface area (Å²) in [5.41, 5.74) is 0.700. The minimum atomic E-state index is -3.25. The third-order valence-electron chi connectivity index (χ3n) is 3.53. The summed E-state index contributed by atoms with van der Waals surface area (Å²) < 4.78 is 23.5. The maximum atomic E-state index is 12.3. The lowest BCUT2D eigenvalue weighted by Crippen LogP contribution is -2.39. The SMILES string of the molecule is CCS(=O)(=O)c1ccc(CC(=O)N(CCC(=O)O)C(C)C)cc1. The molecular formula is C16H23NO5S. The lowest BCUT2D eigenvalue weighted by atomic mass is 10.1. The first-order chi connectivity index (χ1) is 10.7.